The van der Waals surface area contributed by atoms with Gasteiger partial charge in [0.25, 0.3) is 0 Å². The van der Waals surface area contributed by atoms with Crippen molar-refractivity contribution >= 4 is 0 Å². The van der Waals surface area contributed by atoms with E-state index in [2.05, 4.69) is 35.3 Å². The van der Waals surface area contributed by atoms with Gasteiger partial charge >= 0.3 is 0 Å². The molecule has 0 saturated heterocycles. The van der Waals surface area contributed by atoms with Crippen molar-refractivity contribution in [2.24, 2.45) is 0 Å². The molecule has 0 aromatic carbocycles. The van der Waals surface area contributed by atoms with Gasteiger partial charge in [-0.2, -0.15) is 0 Å². The number of imidazole rings is 1. The van der Waals surface area contributed by atoms with E-state index < -0.39 is 0 Å². The molecule has 0 spiro atoms. The van der Waals surface area contributed by atoms with Gasteiger partial charge in [-0.3, -0.25) is 4.90 Å². The molecule has 0 aliphatic carbocycles. The molecule has 0 N–H and O–H groups in total. The van der Waals surface area contributed by atoms with E-state index in [4.69, 9.17) is 4.42 Å². The highest BCUT2D eigenvalue weighted by atomic mass is 16.3. The summed E-state index contributed by atoms with van der Waals surface area (Å²) in [5.41, 5.74) is 0. The predicted molar refractivity (Wildman–Crippen MR) is 71.2 cm³/mol. The minimum atomic E-state index is 0.446. The van der Waals surface area contributed by atoms with Gasteiger partial charge in [-0.15, -0.1) is 0 Å². The van der Waals surface area contributed by atoms with Gasteiger partial charge < -0.3 is 8.98 Å². The van der Waals surface area contributed by atoms with Crippen LogP contribution in [0.4, 0.5) is 0 Å². The van der Waals surface area contributed by atoms with Crippen LogP contribution < -0.4 is 0 Å². The van der Waals surface area contributed by atoms with Crippen molar-refractivity contribution in [1.82, 2.24) is 14.5 Å². The summed E-state index contributed by atoms with van der Waals surface area (Å²) in [4.78, 5) is 6.62. The van der Waals surface area contributed by atoms with Gasteiger partial charge in [0.1, 0.15) is 17.3 Å². The molecule has 0 aliphatic heterocycles. The molecule has 18 heavy (non-hydrogen) atoms. The number of nitrogens with zero attached hydrogens (tertiary/aromatic N) is 3. The second-order valence-corrected chi connectivity index (χ2v) is 5.03. The van der Waals surface area contributed by atoms with Gasteiger partial charge in [0, 0.05) is 18.4 Å². The maximum absolute atomic E-state index is 5.58. The lowest BCUT2D eigenvalue weighted by Gasteiger charge is -2.17. The molecule has 0 fully saturated rings. The minimum absolute atomic E-state index is 0.446. The van der Waals surface area contributed by atoms with Gasteiger partial charge in [0.05, 0.1) is 13.1 Å². The van der Waals surface area contributed by atoms with Crippen molar-refractivity contribution in [2.45, 2.75) is 39.9 Å². The van der Waals surface area contributed by atoms with Crippen molar-refractivity contribution in [3.8, 4) is 0 Å². The molecule has 0 radical (unpaired) electrons. The first-order valence-electron chi connectivity index (χ1n) is 6.32. The molecule has 0 bridgehead atoms. The van der Waals surface area contributed by atoms with Crippen LogP contribution in [0.1, 0.15) is 37.2 Å². The average Bonchev–Trinajstić information content (AvgIpc) is 2.87. The zero-order valence-corrected chi connectivity index (χ0v) is 11.6. The highest BCUT2D eigenvalue weighted by Gasteiger charge is 2.10. The van der Waals surface area contributed by atoms with Crippen LogP contribution in [0.3, 0.4) is 0 Å². The Morgan fingerprint density at radius 1 is 1.33 bits per heavy atom. The third-order valence-corrected chi connectivity index (χ3v) is 2.94. The summed E-state index contributed by atoms with van der Waals surface area (Å²) < 4.78 is 7.78. The number of hydrogen-bond donors (Lipinski definition) is 0. The molecular weight excluding hydrogens is 226 g/mol. The molecule has 2 rings (SSSR count). The van der Waals surface area contributed by atoms with Gasteiger partial charge in [0.2, 0.25) is 0 Å². The van der Waals surface area contributed by atoms with Crippen LogP contribution in [0.2, 0.25) is 0 Å². The summed E-state index contributed by atoms with van der Waals surface area (Å²) >= 11 is 0. The third kappa shape index (κ3) is 3.01. The number of furan rings is 1. The molecule has 0 saturated carbocycles. The van der Waals surface area contributed by atoms with E-state index in [0.717, 1.165) is 30.4 Å². The van der Waals surface area contributed by atoms with Crippen molar-refractivity contribution in [3.63, 3.8) is 0 Å². The van der Waals surface area contributed by atoms with Crippen LogP contribution >= 0.6 is 0 Å². The van der Waals surface area contributed by atoms with E-state index in [1.165, 1.54) is 0 Å². The highest BCUT2D eigenvalue weighted by molar-refractivity contribution is 5.05. The van der Waals surface area contributed by atoms with Gasteiger partial charge in [-0.05, 0) is 40.0 Å². The topological polar surface area (TPSA) is 34.2 Å². The quantitative estimate of drug-likeness (QED) is 0.814. The number of aryl methyl sites for hydroxylation is 1. The van der Waals surface area contributed by atoms with Crippen LogP contribution in [0, 0.1) is 6.92 Å². The Bertz CT molecular complexity index is 499. The normalized spacial score (nSPS) is 11.7. The molecule has 98 valence electrons. The summed E-state index contributed by atoms with van der Waals surface area (Å²) in [6.07, 6.45) is 3.89. The molecule has 0 atom stereocenters. The van der Waals surface area contributed by atoms with Crippen LogP contribution in [-0.2, 0) is 13.1 Å². The second-order valence-electron chi connectivity index (χ2n) is 5.03. The van der Waals surface area contributed by atoms with E-state index in [-0.39, 0.29) is 0 Å². The van der Waals surface area contributed by atoms with Crippen LogP contribution in [0.5, 0.6) is 0 Å². The molecule has 0 aliphatic rings. The molecule has 0 amide bonds. The third-order valence-electron chi connectivity index (χ3n) is 2.94. The maximum Gasteiger partial charge on any atom is 0.123 e. The van der Waals surface area contributed by atoms with E-state index in [1.807, 2.05) is 31.5 Å². The Morgan fingerprint density at radius 3 is 2.72 bits per heavy atom. The first kappa shape index (κ1) is 12.9. The largest absolute Gasteiger partial charge is 0.465 e. The first-order chi connectivity index (χ1) is 8.56. The van der Waals surface area contributed by atoms with Gasteiger partial charge in [-0.1, -0.05) is 0 Å². The summed E-state index contributed by atoms with van der Waals surface area (Å²) in [7, 11) is 2.08. The van der Waals surface area contributed by atoms with Crippen LogP contribution in [0.25, 0.3) is 0 Å². The summed E-state index contributed by atoms with van der Waals surface area (Å²) in [6, 6.07) is 4.47. The predicted octanol–water partition coefficient (Wildman–Crippen LogP) is 3.00. The zero-order chi connectivity index (χ0) is 13.1. The monoisotopic (exact) mass is 247 g/mol. The first-order valence-corrected chi connectivity index (χ1v) is 6.32. The number of hydrogen-bond acceptors (Lipinski definition) is 3. The summed E-state index contributed by atoms with van der Waals surface area (Å²) in [5, 5.41) is 0. The smallest absolute Gasteiger partial charge is 0.123 e. The second kappa shape index (κ2) is 5.40. The zero-order valence-electron chi connectivity index (χ0n) is 11.6. The Hall–Kier alpha value is -1.55. The van der Waals surface area contributed by atoms with Gasteiger partial charge in [-0.25, -0.2) is 4.98 Å². The standard InChI is InChI=1S/C14H21N3O/c1-11(2)17-8-7-15-14(17)10-16(4)9-13-6-5-12(3)18-13/h5-8,11H,9-10H2,1-4H3. The minimum Gasteiger partial charge on any atom is -0.465 e. The SMILES string of the molecule is Cc1ccc(CN(C)Cc2nccn2C(C)C)o1. The van der Waals surface area contributed by atoms with Crippen molar-refractivity contribution in [1.29, 1.82) is 0 Å². The number of aromatic nitrogens is 2. The maximum atomic E-state index is 5.58. The average molecular weight is 247 g/mol. The van der Waals surface area contributed by atoms with E-state index in [9.17, 15) is 0 Å². The molecule has 0 unspecified atom stereocenters. The van der Waals surface area contributed by atoms with Crippen LogP contribution in [-0.4, -0.2) is 21.5 Å². The van der Waals surface area contributed by atoms with E-state index in [1.54, 1.807) is 0 Å². The van der Waals surface area contributed by atoms with Crippen molar-refractivity contribution in [2.75, 3.05) is 7.05 Å². The van der Waals surface area contributed by atoms with Gasteiger partial charge in [0.15, 0.2) is 0 Å². The lowest BCUT2D eigenvalue weighted by molar-refractivity contribution is 0.273. The Morgan fingerprint density at radius 2 is 2.11 bits per heavy atom. The Kier molecular flexibility index (Phi) is 3.87. The molecule has 2 aromatic rings. The van der Waals surface area contributed by atoms with E-state index in [0.29, 0.717) is 6.04 Å². The molecule has 2 aromatic heterocycles. The lowest BCUT2D eigenvalue weighted by atomic mass is 10.3. The number of rotatable bonds is 5. The van der Waals surface area contributed by atoms with Crippen molar-refractivity contribution < 1.29 is 4.42 Å². The fourth-order valence-electron chi connectivity index (χ4n) is 2.07. The fourth-order valence-corrected chi connectivity index (χ4v) is 2.07. The molecule has 4 nitrogen and oxygen atoms in total. The Labute approximate surface area is 108 Å². The van der Waals surface area contributed by atoms with Crippen molar-refractivity contribution in [3.05, 3.63) is 41.9 Å². The summed E-state index contributed by atoms with van der Waals surface area (Å²) in [5.74, 6) is 3.05. The highest BCUT2D eigenvalue weighted by Crippen LogP contribution is 2.13. The molecular formula is C14H21N3O. The Balaban J connectivity index is 1.98. The molecule has 2 heterocycles. The van der Waals surface area contributed by atoms with E-state index >= 15 is 0 Å². The lowest BCUT2D eigenvalue weighted by Crippen LogP contribution is -2.20. The van der Waals surface area contributed by atoms with Crippen LogP contribution in [0.15, 0.2) is 28.9 Å². The summed E-state index contributed by atoms with van der Waals surface area (Å²) in [6.45, 7) is 7.93. The fraction of sp³-hybridized carbons (Fsp3) is 0.500. The molecule has 4 heteroatoms.